The number of hydrogen-bond acceptors (Lipinski definition) is 5. The number of methoxy groups -OCH3 is 2. The van der Waals surface area contributed by atoms with E-state index in [0.29, 0.717) is 17.8 Å². The number of amides is 2. The summed E-state index contributed by atoms with van der Waals surface area (Å²) in [6.45, 7) is 3.51. The number of rotatable bonds is 8. The van der Waals surface area contributed by atoms with E-state index in [0.717, 1.165) is 36.4 Å². The first-order valence-electron chi connectivity index (χ1n) is 10.2. The summed E-state index contributed by atoms with van der Waals surface area (Å²) in [6, 6.07) is 12.8. The second-order valence-electron chi connectivity index (χ2n) is 7.22. The van der Waals surface area contributed by atoms with Gasteiger partial charge < -0.3 is 20.1 Å². The van der Waals surface area contributed by atoms with Crippen LogP contribution in [0.25, 0.3) is 0 Å². The Hall–Kier alpha value is -3.06. The number of nitrogens with one attached hydrogen (secondary N) is 2. The number of ether oxygens (including phenoxy) is 2. The first-order chi connectivity index (χ1) is 14.5. The van der Waals surface area contributed by atoms with Crippen molar-refractivity contribution in [1.82, 2.24) is 10.2 Å². The Morgan fingerprint density at radius 2 is 1.97 bits per heavy atom. The quantitative estimate of drug-likeness (QED) is 0.697. The van der Waals surface area contributed by atoms with Gasteiger partial charge in [0.05, 0.1) is 20.8 Å². The maximum absolute atomic E-state index is 12.7. The number of likely N-dealkylation sites (tertiary alicyclic amines) is 1. The van der Waals surface area contributed by atoms with Gasteiger partial charge in [0.25, 0.3) is 5.91 Å². The molecule has 0 radical (unpaired) electrons. The van der Waals surface area contributed by atoms with E-state index in [1.807, 2.05) is 25.1 Å². The fourth-order valence-electron chi connectivity index (χ4n) is 3.85. The third-order valence-electron chi connectivity index (χ3n) is 5.25. The molecule has 30 heavy (non-hydrogen) atoms. The molecule has 0 bridgehead atoms. The van der Waals surface area contributed by atoms with Crippen molar-refractivity contribution in [2.75, 3.05) is 39.2 Å². The lowest BCUT2D eigenvalue weighted by atomic mass is 10.0. The van der Waals surface area contributed by atoms with Crippen LogP contribution in [0.3, 0.4) is 0 Å². The summed E-state index contributed by atoms with van der Waals surface area (Å²) < 4.78 is 10.9. The van der Waals surface area contributed by atoms with Gasteiger partial charge in [-0.25, -0.2) is 0 Å². The number of anilines is 1. The van der Waals surface area contributed by atoms with Gasteiger partial charge in [-0.15, -0.1) is 0 Å². The standard InChI is InChI=1S/C23H29N3O4/c1-4-24-23(28)16-7-5-8-17(13-16)25-22(27)15-26-12-6-9-20(26)19-14-18(29-2)10-11-21(19)30-3/h5,7-8,10-11,13-14,20H,4,6,9,12,15H2,1-3H3,(H,24,28)(H,25,27)/t20-/m1/s1. The molecule has 0 aromatic heterocycles. The Morgan fingerprint density at radius 3 is 2.70 bits per heavy atom. The Morgan fingerprint density at radius 1 is 1.13 bits per heavy atom. The Balaban J connectivity index is 1.70. The predicted molar refractivity (Wildman–Crippen MR) is 116 cm³/mol. The molecule has 2 amide bonds. The van der Waals surface area contributed by atoms with Crippen molar-refractivity contribution in [2.24, 2.45) is 0 Å². The number of nitrogens with zero attached hydrogens (tertiary/aromatic N) is 1. The van der Waals surface area contributed by atoms with Crippen LogP contribution >= 0.6 is 0 Å². The number of hydrogen-bond donors (Lipinski definition) is 2. The molecule has 7 nitrogen and oxygen atoms in total. The minimum Gasteiger partial charge on any atom is -0.497 e. The van der Waals surface area contributed by atoms with E-state index >= 15 is 0 Å². The van der Waals surface area contributed by atoms with Crippen molar-refractivity contribution >= 4 is 17.5 Å². The lowest BCUT2D eigenvalue weighted by Crippen LogP contribution is -2.33. The summed E-state index contributed by atoms with van der Waals surface area (Å²) in [7, 11) is 3.29. The van der Waals surface area contributed by atoms with Gasteiger partial charge in [-0.2, -0.15) is 0 Å². The molecule has 1 heterocycles. The third-order valence-corrected chi connectivity index (χ3v) is 5.25. The van der Waals surface area contributed by atoms with Crippen LogP contribution < -0.4 is 20.1 Å². The van der Waals surface area contributed by atoms with Crippen molar-refractivity contribution < 1.29 is 19.1 Å². The molecule has 1 saturated heterocycles. The summed E-state index contributed by atoms with van der Waals surface area (Å²) in [5.74, 6) is 1.29. The smallest absolute Gasteiger partial charge is 0.251 e. The SMILES string of the molecule is CCNC(=O)c1cccc(NC(=O)CN2CCC[C@@H]2c2cc(OC)ccc2OC)c1. The molecule has 3 rings (SSSR count). The minimum absolute atomic E-state index is 0.0856. The van der Waals surface area contributed by atoms with Gasteiger partial charge in [-0.05, 0) is 62.7 Å². The van der Waals surface area contributed by atoms with Crippen molar-refractivity contribution in [3.8, 4) is 11.5 Å². The van der Waals surface area contributed by atoms with Crippen LogP contribution in [0, 0.1) is 0 Å². The van der Waals surface area contributed by atoms with Crippen LogP contribution in [-0.4, -0.2) is 50.6 Å². The van der Waals surface area contributed by atoms with E-state index < -0.39 is 0 Å². The maximum Gasteiger partial charge on any atom is 0.251 e. The lowest BCUT2D eigenvalue weighted by molar-refractivity contribution is -0.117. The number of benzene rings is 2. The van der Waals surface area contributed by atoms with Gasteiger partial charge in [-0.1, -0.05) is 6.07 Å². The Bertz CT molecular complexity index is 900. The van der Waals surface area contributed by atoms with Crippen LogP contribution in [-0.2, 0) is 4.79 Å². The number of carbonyl (C=O) groups excluding carboxylic acids is 2. The summed E-state index contributed by atoms with van der Waals surface area (Å²) in [5, 5.41) is 5.68. The molecule has 2 aromatic rings. The lowest BCUT2D eigenvalue weighted by Gasteiger charge is -2.26. The van der Waals surface area contributed by atoms with E-state index in [4.69, 9.17) is 9.47 Å². The van der Waals surface area contributed by atoms with E-state index in [2.05, 4.69) is 15.5 Å². The van der Waals surface area contributed by atoms with E-state index in [1.165, 1.54) is 0 Å². The molecule has 1 fully saturated rings. The summed E-state index contributed by atoms with van der Waals surface area (Å²) in [6.07, 6.45) is 1.95. The van der Waals surface area contributed by atoms with E-state index in [-0.39, 0.29) is 24.4 Å². The fourth-order valence-corrected chi connectivity index (χ4v) is 3.85. The molecule has 0 unspecified atom stereocenters. The van der Waals surface area contributed by atoms with Crippen LogP contribution in [0.2, 0.25) is 0 Å². The molecule has 160 valence electrons. The second kappa shape index (κ2) is 10.1. The van der Waals surface area contributed by atoms with Crippen molar-refractivity contribution in [3.05, 3.63) is 53.6 Å². The summed E-state index contributed by atoms with van der Waals surface area (Å²) >= 11 is 0. The molecule has 0 spiro atoms. The molecule has 1 aliphatic heterocycles. The molecule has 0 aliphatic carbocycles. The fraction of sp³-hybridized carbons (Fsp3) is 0.391. The van der Waals surface area contributed by atoms with Crippen molar-refractivity contribution in [3.63, 3.8) is 0 Å². The molecular weight excluding hydrogens is 382 g/mol. The third kappa shape index (κ3) is 5.10. The predicted octanol–water partition coefficient (Wildman–Crippen LogP) is 3.23. The van der Waals surface area contributed by atoms with Gasteiger partial charge in [-0.3, -0.25) is 14.5 Å². The highest BCUT2D eigenvalue weighted by molar-refractivity contribution is 5.97. The Labute approximate surface area is 177 Å². The largest absolute Gasteiger partial charge is 0.497 e. The monoisotopic (exact) mass is 411 g/mol. The van der Waals surface area contributed by atoms with Gasteiger partial charge in [0.15, 0.2) is 0 Å². The zero-order valence-electron chi connectivity index (χ0n) is 17.7. The van der Waals surface area contributed by atoms with Crippen molar-refractivity contribution in [1.29, 1.82) is 0 Å². The molecule has 0 saturated carbocycles. The first kappa shape index (κ1) is 21.6. The summed E-state index contributed by atoms with van der Waals surface area (Å²) in [4.78, 5) is 26.9. The highest BCUT2D eigenvalue weighted by Crippen LogP contribution is 2.38. The minimum atomic E-state index is -0.154. The molecule has 2 aromatic carbocycles. The van der Waals surface area contributed by atoms with Crippen LogP contribution in [0.4, 0.5) is 5.69 Å². The van der Waals surface area contributed by atoms with Gasteiger partial charge in [0.1, 0.15) is 11.5 Å². The molecular formula is C23H29N3O4. The van der Waals surface area contributed by atoms with Crippen molar-refractivity contribution in [2.45, 2.75) is 25.8 Å². The molecule has 2 N–H and O–H groups in total. The van der Waals surface area contributed by atoms with Crippen LogP contribution in [0.5, 0.6) is 11.5 Å². The van der Waals surface area contributed by atoms with Gasteiger partial charge >= 0.3 is 0 Å². The Kier molecular flexibility index (Phi) is 7.30. The van der Waals surface area contributed by atoms with E-state index in [1.54, 1.807) is 38.5 Å². The van der Waals surface area contributed by atoms with Gasteiger partial charge in [0, 0.05) is 29.4 Å². The molecule has 1 aliphatic rings. The average molecular weight is 412 g/mol. The van der Waals surface area contributed by atoms with Gasteiger partial charge in [0.2, 0.25) is 5.91 Å². The molecule has 1 atom stereocenters. The maximum atomic E-state index is 12.7. The second-order valence-corrected chi connectivity index (χ2v) is 7.22. The average Bonchev–Trinajstić information content (AvgIpc) is 3.21. The first-order valence-corrected chi connectivity index (χ1v) is 10.2. The zero-order chi connectivity index (χ0) is 21.5. The molecule has 7 heteroatoms. The van der Waals surface area contributed by atoms with Crippen LogP contribution in [0.15, 0.2) is 42.5 Å². The van der Waals surface area contributed by atoms with E-state index in [9.17, 15) is 9.59 Å². The summed E-state index contributed by atoms with van der Waals surface area (Å²) in [5.41, 5.74) is 2.16. The normalized spacial score (nSPS) is 16.2. The number of carbonyl (C=O) groups is 2. The van der Waals surface area contributed by atoms with Crippen LogP contribution in [0.1, 0.15) is 41.7 Å². The topological polar surface area (TPSA) is 79.9 Å². The highest BCUT2D eigenvalue weighted by atomic mass is 16.5. The zero-order valence-corrected chi connectivity index (χ0v) is 17.7. The highest BCUT2D eigenvalue weighted by Gasteiger charge is 2.30.